The van der Waals surface area contributed by atoms with Crippen molar-refractivity contribution in [2.75, 3.05) is 0 Å². The number of benzene rings is 4. The van der Waals surface area contributed by atoms with Crippen molar-refractivity contribution in [2.24, 2.45) is 7.05 Å². The van der Waals surface area contributed by atoms with Gasteiger partial charge in [-0.3, -0.25) is 0 Å². The van der Waals surface area contributed by atoms with Crippen LogP contribution in [0.4, 0.5) is 0 Å². The molecule has 2 nitrogen and oxygen atoms in total. The van der Waals surface area contributed by atoms with Gasteiger partial charge < -0.3 is 9.30 Å². The molecule has 0 radical (unpaired) electrons. The van der Waals surface area contributed by atoms with E-state index in [0.717, 1.165) is 26.9 Å². The van der Waals surface area contributed by atoms with E-state index in [2.05, 4.69) is 119 Å². The molecule has 0 fully saturated rings. The van der Waals surface area contributed by atoms with Gasteiger partial charge in [0.15, 0.2) is 5.60 Å². The summed E-state index contributed by atoms with van der Waals surface area (Å²) in [6, 6.07) is 31.6. The highest BCUT2D eigenvalue weighted by Gasteiger charge is 2.37. The molecule has 31 heavy (non-hydrogen) atoms. The predicted molar refractivity (Wildman–Crippen MR) is 131 cm³/mol. The lowest BCUT2D eigenvalue weighted by molar-refractivity contribution is 0.161. The van der Waals surface area contributed by atoms with E-state index >= 15 is 0 Å². The Hall–Kier alpha value is -3.30. The minimum atomic E-state index is -0.656. The molecule has 0 bridgehead atoms. The Balaban J connectivity index is 1.62. The highest BCUT2D eigenvalue weighted by atomic mass is 79.9. The summed E-state index contributed by atoms with van der Waals surface area (Å²) >= 11 is 3.61. The Morgan fingerprint density at radius 1 is 0.774 bits per heavy atom. The number of aryl methyl sites for hydroxylation is 1. The highest BCUT2D eigenvalue weighted by molar-refractivity contribution is 9.10. The maximum absolute atomic E-state index is 6.87. The van der Waals surface area contributed by atoms with Crippen LogP contribution < -0.4 is 4.74 Å². The molecule has 1 aromatic heterocycles. The normalized spacial score (nSPS) is 14.5. The number of hydrogen-bond acceptors (Lipinski definition) is 1. The zero-order chi connectivity index (χ0) is 21.0. The first kappa shape index (κ1) is 18.5. The SMILES string of the molecule is Cn1c2cc(Br)ccc2c2ccc3c(c21)C=CC(c1ccccc1)(c1ccccc1)O3. The number of aromatic nitrogens is 1. The van der Waals surface area contributed by atoms with Crippen LogP contribution in [0, 0.1) is 0 Å². The van der Waals surface area contributed by atoms with Gasteiger partial charge in [-0.15, -0.1) is 0 Å². The topological polar surface area (TPSA) is 14.2 Å². The lowest BCUT2D eigenvalue weighted by atomic mass is 9.83. The summed E-state index contributed by atoms with van der Waals surface area (Å²) in [7, 11) is 2.13. The molecule has 0 saturated heterocycles. The lowest BCUT2D eigenvalue weighted by Crippen LogP contribution is -2.34. The quantitative estimate of drug-likeness (QED) is 0.264. The highest BCUT2D eigenvalue weighted by Crippen LogP contribution is 2.45. The first-order valence-corrected chi connectivity index (χ1v) is 11.2. The summed E-state index contributed by atoms with van der Waals surface area (Å²) in [5.41, 5.74) is 5.09. The van der Waals surface area contributed by atoms with Gasteiger partial charge in [0, 0.05) is 44.5 Å². The van der Waals surface area contributed by atoms with Crippen LogP contribution in [-0.2, 0) is 12.6 Å². The first-order valence-electron chi connectivity index (χ1n) is 10.4. The first-order chi connectivity index (χ1) is 15.2. The third-order valence-electron chi connectivity index (χ3n) is 6.28. The second kappa shape index (κ2) is 6.86. The monoisotopic (exact) mass is 465 g/mol. The number of rotatable bonds is 2. The Morgan fingerprint density at radius 3 is 2.10 bits per heavy atom. The van der Waals surface area contributed by atoms with Crippen LogP contribution in [0.25, 0.3) is 27.9 Å². The van der Waals surface area contributed by atoms with Gasteiger partial charge in [0.05, 0.1) is 5.52 Å². The average Bonchev–Trinajstić information content (AvgIpc) is 3.11. The van der Waals surface area contributed by atoms with Crippen molar-refractivity contribution in [1.82, 2.24) is 4.57 Å². The fraction of sp³-hybridized carbons (Fsp3) is 0.0714. The van der Waals surface area contributed by atoms with Crippen LogP contribution in [0.1, 0.15) is 16.7 Å². The van der Waals surface area contributed by atoms with E-state index in [1.165, 1.54) is 21.8 Å². The molecule has 0 aliphatic carbocycles. The van der Waals surface area contributed by atoms with Crippen LogP contribution in [-0.4, -0.2) is 4.57 Å². The van der Waals surface area contributed by atoms with Gasteiger partial charge in [-0.05, 0) is 36.4 Å². The molecule has 3 heteroatoms. The standard InChI is InChI=1S/C28H20BrNO/c1-30-25-18-21(29)12-13-22(25)23-14-15-26-24(27(23)30)16-17-28(31-26,19-8-4-2-5-9-19)20-10-6-3-7-11-20/h2-18H,1H3. The Labute approximate surface area is 189 Å². The van der Waals surface area contributed by atoms with Crippen LogP contribution in [0.3, 0.4) is 0 Å². The summed E-state index contributed by atoms with van der Waals surface area (Å²) in [6.07, 6.45) is 4.43. The molecule has 0 saturated carbocycles. The van der Waals surface area contributed by atoms with Crippen molar-refractivity contribution in [3.05, 3.63) is 118 Å². The molecule has 4 aromatic carbocycles. The molecular formula is C28H20BrNO. The van der Waals surface area contributed by atoms with Gasteiger partial charge in [0.25, 0.3) is 0 Å². The van der Waals surface area contributed by atoms with E-state index in [9.17, 15) is 0 Å². The van der Waals surface area contributed by atoms with E-state index in [1.54, 1.807) is 0 Å². The molecule has 6 rings (SSSR count). The minimum absolute atomic E-state index is 0.656. The van der Waals surface area contributed by atoms with Gasteiger partial charge in [-0.25, -0.2) is 0 Å². The molecule has 0 unspecified atom stereocenters. The fourth-order valence-electron chi connectivity index (χ4n) is 4.81. The van der Waals surface area contributed by atoms with E-state index in [1.807, 2.05) is 12.1 Å². The number of nitrogens with zero attached hydrogens (tertiary/aromatic N) is 1. The Kier molecular flexibility index (Phi) is 4.09. The molecule has 0 atom stereocenters. The number of fused-ring (bicyclic) bond motifs is 5. The second-order valence-electron chi connectivity index (χ2n) is 8.00. The van der Waals surface area contributed by atoms with E-state index in [4.69, 9.17) is 4.74 Å². The second-order valence-corrected chi connectivity index (χ2v) is 8.91. The van der Waals surface area contributed by atoms with E-state index < -0.39 is 5.60 Å². The summed E-state index contributed by atoms with van der Waals surface area (Å²) in [4.78, 5) is 0. The molecule has 1 aliphatic heterocycles. The van der Waals surface area contributed by atoms with Gasteiger partial charge in [0.1, 0.15) is 5.75 Å². The summed E-state index contributed by atoms with van der Waals surface area (Å²) in [5, 5.41) is 2.49. The summed E-state index contributed by atoms with van der Waals surface area (Å²) in [6.45, 7) is 0. The third-order valence-corrected chi connectivity index (χ3v) is 6.78. The molecule has 5 aromatic rings. The van der Waals surface area contributed by atoms with Crippen molar-refractivity contribution >= 4 is 43.8 Å². The number of ether oxygens (including phenoxy) is 1. The van der Waals surface area contributed by atoms with Gasteiger partial charge in [0.2, 0.25) is 0 Å². The molecule has 2 heterocycles. The molecule has 150 valence electrons. The summed E-state index contributed by atoms with van der Waals surface area (Å²) < 4.78 is 10.2. The number of halogens is 1. The number of hydrogen-bond donors (Lipinski definition) is 0. The fourth-order valence-corrected chi connectivity index (χ4v) is 5.15. The zero-order valence-electron chi connectivity index (χ0n) is 17.0. The minimum Gasteiger partial charge on any atom is -0.473 e. The molecule has 0 N–H and O–H groups in total. The molecule has 1 aliphatic rings. The maximum Gasteiger partial charge on any atom is 0.178 e. The van der Waals surface area contributed by atoms with Crippen molar-refractivity contribution in [3.63, 3.8) is 0 Å². The molecule has 0 spiro atoms. The third kappa shape index (κ3) is 2.70. The van der Waals surface area contributed by atoms with E-state index in [0.29, 0.717) is 0 Å². The zero-order valence-corrected chi connectivity index (χ0v) is 18.6. The van der Waals surface area contributed by atoms with Crippen molar-refractivity contribution < 1.29 is 4.74 Å². The van der Waals surface area contributed by atoms with Crippen LogP contribution in [0.2, 0.25) is 0 Å². The van der Waals surface area contributed by atoms with Crippen molar-refractivity contribution in [2.45, 2.75) is 5.60 Å². The average molecular weight is 466 g/mol. The Bertz CT molecular complexity index is 1430. The lowest BCUT2D eigenvalue weighted by Gasteiger charge is -2.36. The van der Waals surface area contributed by atoms with Gasteiger partial charge in [-0.1, -0.05) is 82.7 Å². The smallest absolute Gasteiger partial charge is 0.178 e. The van der Waals surface area contributed by atoms with Crippen LogP contribution in [0.5, 0.6) is 5.75 Å². The van der Waals surface area contributed by atoms with Crippen LogP contribution >= 0.6 is 15.9 Å². The molecule has 0 amide bonds. The van der Waals surface area contributed by atoms with Crippen molar-refractivity contribution in [3.8, 4) is 5.75 Å². The van der Waals surface area contributed by atoms with Gasteiger partial charge >= 0.3 is 0 Å². The molecular weight excluding hydrogens is 446 g/mol. The Morgan fingerprint density at radius 2 is 1.42 bits per heavy atom. The predicted octanol–water partition coefficient (Wildman–Crippen LogP) is 7.44. The van der Waals surface area contributed by atoms with E-state index in [-0.39, 0.29) is 0 Å². The summed E-state index contributed by atoms with van der Waals surface area (Å²) in [5.74, 6) is 0.896. The largest absolute Gasteiger partial charge is 0.473 e. The van der Waals surface area contributed by atoms with Crippen molar-refractivity contribution in [1.29, 1.82) is 0 Å². The van der Waals surface area contributed by atoms with Crippen LogP contribution in [0.15, 0.2) is 102 Å². The van der Waals surface area contributed by atoms with Gasteiger partial charge in [-0.2, -0.15) is 0 Å². The maximum atomic E-state index is 6.87.